The molecule has 0 spiro atoms. The first-order chi connectivity index (χ1) is 13.4. The largest absolute Gasteiger partial charge is 0.497 e. The second-order valence-corrected chi connectivity index (χ2v) is 7.16. The van der Waals surface area contributed by atoms with Gasteiger partial charge in [0, 0.05) is 26.2 Å². The van der Waals surface area contributed by atoms with Crippen LogP contribution in [0.5, 0.6) is 5.75 Å². The molecule has 0 aliphatic carbocycles. The van der Waals surface area contributed by atoms with Gasteiger partial charge in [-0.15, -0.1) is 0 Å². The minimum atomic E-state index is -0.0702. The summed E-state index contributed by atoms with van der Waals surface area (Å²) in [4.78, 5) is 14.5. The lowest BCUT2D eigenvalue weighted by Crippen LogP contribution is -2.29. The van der Waals surface area contributed by atoms with Gasteiger partial charge in [0.2, 0.25) is 0 Å². The number of benzene rings is 2. The molecule has 0 saturated heterocycles. The number of methoxy groups -OCH3 is 1. The highest BCUT2D eigenvalue weighted by molar-refractivity contribution is 5.93. The zero-order chi connectivity index (χ0) is 20.3. The average Bonchev–Trinajstić information content (AvgIpc) is 3.09. The van der Waals surface area contributed by atoms with Crippen LogP contribution >= 0.6 is 0 Å². The van der Waals surface area contributed by atoms with E-state index in [0.29, 0.717) is 12.2 Å². The fraction of sp³-hybridized carbons (Fsp3) is 0.304. The molecule has 0 unspecified atom stereocenters. The van der Waals surface area contributed by atoms with E-state index in [2.05, 4.69) is 37.1 Å². The molecule has 0 radical (unpaired) electrons. The summed E-state index contributed by atoms with van der Waals surface area (Å²) in [5, 5.41) is 4.45. The molecule has 3 aromatic rings. The van der Waals surface area contributed by atoms with Crippen molar-refractivity contribution >= 4 is 5.91 Å². The summed E-state index contributed by atoms with van der Waals surface area (Å²) in [6.45, 7) is 4.81. The zero-order valence-corrected chi connectivity index (χ0v) is 17.2. The minimum absolute atomic E-state index is 0.0702. The summed E-state index contributed by atoms with van der Waals surface area (Å²) < 4.78 is 6.95. The van der Waals surface area contributed by atoms with Crippen LogP contribution in [-0.2, 0) is 13.5 Å². The number of aromatic nitrogens is 2. The van der Waals surface area contributed by atoms with Gasteiger partial charge in [-0.2, -0.15) is 5.10 Å². The van der Waals surface area contributed by atoms with E-state index in [9.17, 15) is 4.79 Å². The third-order valence-corrected chi connectivity index (χ3v) is 5.14. The SMILES string of the molecule is COc1ccc(CCN(C)C(=O)c2cc(-c3ccc(C)c(C)c3)n(C)n2)cc1. The van der Waals surface area contributed by atoms with E-state index < -0.39 is 0 Å². The monoisotopic (exact) mass is 377 g/mol. The van der Waals surface area contributed by atoms with Crippen LogP contribution in [-0.4, -0.2) is 41.3 Å². The number of carbonyl (C=O) groups is 1. The first kappa shape index (κ1) is 19.7. The fourth-order valence-corrected chi connectivity index (χ4v) is 3.13. The molecule has 28 heavy (non-hydrogen) atoms. The summed E-state index contributed by atoms with van der Waals surface area (Å²) in [7, 11) is 5.34. The predicted molar refractivity (Wildman–Crippen MR) is 112 cm³/mol. The lowest BCUT2D eigenvalue weighted by molar-refractivity contribution is 0.0790. The van der Waals surface area contributed by atoms with Crippen molar-refractivity contribution in [2.45, 2.75) is 20.3 Å². The van der Waals surface area contributed by atoms with Gasteiger partial charge in [-0.05, 0) is 61.2 Å². The molecule has 1 amide bonds. The smallest absolute Gasteiger partial charge is 0.274 e. The highest BCUT2D eigenvalue weighted by Crippen LogP contribution is 2.23. The van der Waals surface area contributed by atoms with E-state index in [0.717, 1.165) is 29.0 Å². The van der Waals surface area contributed by atoms with Gasteiger partial charge in [0.25, 0.3) is 5.91 Å². The van der Waals surface area contributed by atoms with Gasteiger partial charge < -0.3 is 9.64 Å². The quantitative estimate of drug-likeness (QED) is 0.652. The number of aryl methyl sites for hydroxylation is 3. The molecule has 0 saturated carbocycles. The van der Waals surface area contributed by atoms with E-state index in [1.165, 1.54) is 11.1 Å². The number of hydrogen-bond acceptors (Lipinski definition) is 3. The highest BCUT2D eigenvalue weighted by atomic mass is 16.5. The highest BCUT2D eigenvalue weighted by Gasteiger charge is 2.18. The van der Waals surface area contributed by atoms with Gasteiger partial charge in [-0.3, -0.25) is 9.48 Å². The summed E-state index contributed by atoms with van der Waals surface area (Å²) in [6, 6.07) is 16.1. The van der Waals surface area contributed by atoms with Crippen molar-refractivity contribution in [3.05, 3.63) is 70.9 Å². The minimum Gasteiger partial charge on any atom is -0.497 e. The third kappa shape index (κ3) is 4.25. The Morgan fingerprint density at radius 2 is 1.79 bits per heavy atom. The Morgan fingerprint density at radius 3 is 2.43 bits per heavy atom. The Balaban J connectivity index is 1.70. The standard InChI is InChI=1S/C23H27N3O2/c1-16-6-9-19(14-17(16)2)22-15-21(24-26(22)4)23(27)25(3)13-12-18-7-10-20(28-5)11-8-18/h6-11,14-15H,12-13H2,1-5H3. The Hall–Kier alpha value is -3.08. The van der Waals surface area contributed by atoms with E-state index in [1.54, 1.807) is 16.7 Å². The molecule has 146 valence electrons. The number of carbonyl (C=O) groups excluding carboxylic acids is 1. The van der Waals surface area contributed by atoms with Crippen LogP contribution in [0.1, 0.15) is 27.2 Å². The van der Waals surface area contributed by atoms with Crippen molar-refractivity contribution in [3.63, 3.8) is 0 Å². The molecular weight excluding hydrogens is 350 g/mol. The van der Waals surface area contributed by atoms with Crippen LogP contribution < -0.4 is 4.74 Å². The van der Waals surface area contributed by atoms with Gasteiger partial charge in [0.15, 0.2) is 5.69 Å². The summed E-state index contributed by atoms with van der Waals surface area (Å²) >= 11 is 0. The van der Waals surface area contributed by atoms with E-state index in [1.807, 2.05) is 44.4 Å². The maximum Gasteiger partial charge on any atom is 0.274 e. The van der Waals surface area contributed by atoms with E-state index >= 15 is 0 Å². The third-order valence-electron chi connectivity index (χ3n) is 5.14. The lowest BCUT2D eigenvalue weighted by Gasteiger charge is -2.15. The molecular formula is C23H27N3O2. The maximum atomic E-state index is 12.8. The molecule has 5 nitrogen and oxygen atoms in total. The van der Waals surface area contributed by atoms with Crippen molar-refractivity contribution in [3.8, 4) is 17.0 Å². The van der Waals surface area contributed by atoms with Gasteiger partial charge in [-0.25, -0.2) is 0 Å². The molecule has 0 bridgehead atoms. The normalized spacial score (nSPS) is 10.8. The molecule has 0 aliphatic rings. The van der Waals surface area contributed by atoms with Gasteiger partial charge in [0.1, 0.15) is 5.75 Å². The van der Waals surface area contributed by atoms with Crippen LogP contribution in [0, 0.1) is 13.8 Å². The van der Waals surface area contributed by atoms with E-state index in [4.69, 9.17) is 4.74 Å². The lowest BCUT2D eigenvalue weighted by atomic mass is 10.0. The van der Waals surface area contributed by atoms with Crippen LogP contribution in [0.2, 0.25) is 0 Å². The van der Waals surface area contributed by atoms with Crippen LogP contribution in [0.25, 0.3) is 11.3 Å². The molecule has 0 fully saturated rings. The second kappa shape index (κ2) is 8.30. The number of ether oxygens (including phenoxy) is 1. The molecule has 1 aromatic heterocycles. The number of likely N-dealkylation sites (N-methyl/N-ethyl adjacent to an activating group) is 1. The molecule has 2 aromatic carbocycles. The van der Waals surface area contributed by atoms with Crippen LogP contribution in [0.15, 0.2) is 48.5 Å². The van der Waals surface area contributed by atoms with Gasteiger partial charge >= 0.3 is 0 Å². The van der Waals surface area contributed by atoms with Crippen molar-refractivity contribution < 1.29 is 9.53 Å². The number of rotatable bonds is 6. The summed E-state index contributed by atoms with van der Waals surface area (Å²) in [5.74, 6) is 0.764. The van der Waals surface area contributed by atoms with Crippen molar-refractivity contribution in [2.75, 3.05) is 20.7 Å². The summed E-state index contributed by atoms with van der Waals surface area (Å²) in [6.07, 6.45) is 0.781. The number of nitrogens with zero attached hydrogens (tertiary/aromatic N) is 3. The molecule has 0 aliphatic heterocycles. The van der Waals surface area contributed by atoms with Gasteiger partial charge in [-0.1, -0.05) is 24.3 Å². The van der Waals surface area contributed by atoms with Crippen LogP contribution in [0.3, 0.4) is 0 Å². The Labute approximate surface area is 166 Å². The second-order valence-electron chi connectivity index (χ2n) is 7.16. The van der Waals surface area contributed by atoms with Crippen molar-refractivity contribution in [2.24, 2.45) is 7.05 Å². The fourth-order valence-electron chi connectivity index (χ4n) is 3.13. The molecule has 0 N–H and O–H groups in total. The first-order valence-corrected chi connectivity index (χ1v) is 9.39. The molecule has 0 atom stereocenters. The van der Waals surface area contributed by atoms with Crippen molar-refractivity contribution in [1.29, 1.82) is 0 Å². The Morgan fingerprint density at radius 1 is 1.07 bits per heavy atom. The van der Waals surface area contributed by atoms with E-state index in [-0.39, 0.29) is 5.91 Å². The number of hydrogen-bond donors (Lipinski definition) is 0. The van der Waals surface area contributed by atoms with Crippen LogP contribution in [0.4, 0.5) is 0 Å². The molecule has 3 rings (SSSR count). The first-order valence-electron chi connectivity index (χ1n) is 9.39. The van der Waals surface area contributed by atoms with Gasteiger partial charge in [0.05, 0.1) is 12.8 Å². The molecule has 1 heterocycles. The average molecular weight is 377 g/mol. The zero-order valence-electron chi connectivity index (χ0n) is 17.2. The van der Waals surface area contributed by atoms with Crippen molar-refractivity contribution in [1.82, 2.24) is 14.7 Å². The topological polar surface area (TPSA) is 47.4 Å². The maximum absolute atomic E-state index is 12.8. The Kier molecular flexibility index (Phi) is 5.83. The number of amides is 1. The predicted octanol–water partition coefficient (Wildman–Crippen LogP) is 4.03. The molecule has 5 heteroatoms. The summed E-state index contributed by atoms with van der Waals surface area (Å²) in [5.41, 5.74) is 6.11. The Bertz CT molecular complexity index is 974.